The Labute approximate surface area is 251 Å². The topological polar surface area (TPSA) is 88.2 Å². The number of aryl methyl sites for hydroxylation is 1. The Morgan fingerprint density at radius 3 is 2.41 bits per heavy atom. The summed E-state index contributed by atoms with van der Waals surface area (Å²) in [5.41, 5.74) is -0.0447. The van der Waals surface area contributed by atoms with E-state index in [1.807, 2.05) is 0 Å². The number of hydrogen-bond donors (Lipinski definition) is 1. The van der Waals surface area contributed by atoms with Crippen LogP contribution in [0.3, 0.4) is 0 Å². The number of amides is 3. The van der Waals surface area contributed by atoms with Gasteiger partial charge in [0.05, 0.1) is 23.4 Å². The average molecular weight is 642 g/mol. The number of alkyl halides is 6. The van der Waals surface area contributed by atoms with E-state index in [0.717, 1.165) is 24.3 Å². The first-order chi connectivity index (χ1) is 20.6. The quantitative estimate of drug-likeness (QED) is 0.350. The number of nitrogens with one attached hydrogen (secondary N) is 1. The molecule has 0 unspecified atom stereocenters. The van der Waals surface area contributed by atoms with E-state index in [-0.39, 0.29) is 52.8 Å². The molecule has 5 rings (SSSR count). The maximum Gasteiger partial charge on any atom is 0.573 e. The third kappa shape index (κ3) is 6.69. The molecule has 2 aliphatic rings. The zero-order chi connectivity index (χ0) is 32.0. The van der Waals surface area contributed by atoms with Crippen molar-refractivity contribution < 1.29 is 50.2 Å². The molecule has 8 nitrogen and oxygen atoms in total. The monoisotopic (exact) mass is 641 g/mol. The summed E-state index contributed by atoms with van der Waals surface area (Å²) in [6, 6.07) is 9.61. The minimum Gasteiger partial charge on any atom is -0.483 e. The average Bonchev–Trinajstić information content (AvgIpc) is 3.04. The van der Waals surface area contributed by atoms with Gasteiger partial charge in [-0.15, -0.1) is 13.2 Å². The summed E-state index contributed by atoms with van der Waals surface area (Å²) in [4.78, 5) is 42.2. The number of rotatable bonds is 5. The Morgan fingerprint density at radius 1 is 0.977 bits per heavy atom. The highest BCUT2D eigenvalue weighted by Gasteiger charge is 2.41. The van der Waals surface area contributed by atoms with Gasteiger partial charge in [-0.3, -0.25) is 14.4 Å². The summed E-state index contributed by atoms with van der Waals surface area (Å²) in [5.74, 6) is -1.93. The number of carbonyl (C=O) groups is 3. The fourth-order valence-corrected chi connectivity index (χ4v) is 5.22. The van der Waals surface area contributed by atoms with Crippen LogP contribution < -0.4 is 14.8 Å². The Balaban J connectivity index is 1.29. The molecule has 0 bridgehead atoms. The molecule has 3 amide bonds. The SMILES string of the molecule is Cc1cc(OC(F)(F)F)ccc1OCC(=O)N1CCN2C(=O)c3cc(-c4cc(Cl)cc(C(F)(F)F)c4)ccc3NC(=O)[C@@H]2C1. The lowest BCUT2D eigenvalue weighted by Gasteiger charge is -2.39. The van der Waals surface area contributed by atoms with Crippen LogP contribution in [0, 0.1) is 6.92 Å². The van der Waals surface area contributed by atoms with Gasteiger partial charge >= 0.3 is 12.5 Å². The Hall–Kier alpha value is -4.46. The van der Waals surface area contributed by atoms with Crippen molar-refractivity contribution in [2.45, 2.75) is 25.5 Å². The minimum absolute atomic E-state index is 0.0236. The van der Waals surface area contributed by atoms with Crippen molar-refractivity contribution in [2.75, 3.05) is 31.6 Å². The molecular formula is C29H22ClF6N3O5. The van der Waals surface area contributed by atoms with Crippen molar-refractivity contribution in [3.63, 3.8) is 0 Å². The van der Waals surface area contributed by atoms with E-state index < -0.39 is 54.2 Å². The predicted octanol–water partition coefficient (Wildman–Crippen LogP) is 5.92. The van der Waals surface area contributed by atoms with Crippen molar-refractivity contribution in [3.05, 3.63) is 76.3 Å². The summed E-state index contributed by atoms with van der Waals surface area (Å²) in [6.07, 6.45) is -9.50. The summed E-state index contributed by atoms with van der Waals surface area (Å²) >= 11 is 5.93. The van der Waals surface area contributed by atoms with E-state index >= 15 is 0 Å². The lowest BCUT2D eigenvalue weighted by Crippen LogP contribution is -2.60. The maximum absolute atomic E-state index is 13.6. The number of hydrogen-bond acceptors (Lipinski definition) is 5. The van der Waals surface area contributed by atoms with Crippen LogP contribution in [-0.4, -0.2) is 66.2 Å². The number of piperazine rings is 1. The first-order valence-corrected chi connectivity index (χ1v) is 13.4. The number of ether oxygens (including phenoxy) is 2. The largest absolute Gasteiger partial charge is 0.573 e. The minimum atomic E-state index is -4.86. The first-order valence-electron chi connectivity index (χ1n) is 13.0. The molecule has 2 heterocycles. The Kier molecular flexibility index (Phi) is 8.14. The number of halogens is 7. The van der Waals surface area contributed by atoms with Gasteiger partial charge in [0.2, 0.25) is 5.91 Å². The Bertz CT molecular complexity index is 1640. The second-order valence-corrected chi connectivity index (χ2v) is 10.5. The number of carbonyl (C=O) groups excluding carboxylic acids is 3. The summed E-state index contributed by atoms with van der Waals surface area (Å²) in [5, 5.41) is 2.51. The third-order valence-corrected chi connectivity index (χ3v) is 7.31. The van der Waals surface area contributed by atoms with Gasteiger partial charge in [0.1, 0.15) is 17.5 Å². The van der Waals surface area contributed by atoms with Crippen LogP contribution in [-0.2, 0) is 15.8 Å². The zero-order valence-electron chi connectivity index (χ0n) is 22.7. The molecule has 2 aliphatic heterocycles. The number of anilines is 1. The van der Waals surface area contributed by atoms with E-state index in [1.54, 1.807) is 0 Å². The van der Waals surface area contributed by atoms with Gasteiger partial charge in [-0.05, 0) is 72.1 Å². The number of nitrogens with zero attached hydrogens (tertiary/aromatic N) is 2. The van der Waals surface area contributed by atoms with Crippen molar-refractivity contribution in [3.8, 4) is 22.6 Å². The van der Waals surface area contributed by atoms with Crippen molar-refractivity contribution in [1.29, 1.82) is 0 Å². The lowest BCUT2D eigenvalue weighted by atomic mass is 9.99. The standard InChI is InChI=1S/C29H22ClF6N3O5/c1-15-8-20(44-29(34,35)36)3-5-24(15)43-14-25(40)38-6-7-39-23(13-38)26(41)37-22-4-2-16(11-21(22)27(39)42)17-9-18(28(31,32)33)12-19(30)10-17/h2-5,8-12,23H,6-7,13-14H2,1H3,(H,37,41)/t23-/m0/s1. The zero-order valence-corrected chi connectivity index (χ0v) is 23.4. The fraction of sp³-hybridized carbons (Fsp3) is 0.276. The van der Waals surface area contributed by atoms with Crippen LogP contribution in [0.5, 0.6) is 11.5 Å². The van der Waals surface area contributed by atoms with Gasteiger partial charge in [0, 0.05) is 18.1 Å². The molecule has 3 aromatic carbocycles. The van der Waals surface area contributed by atoms with Crippen molar-refractivity contribution in [1.82, 2.24) is 9.80 Å². The van der Waals surface area contributed by atoms with Crippen molar-refractivity contribution >= 4 is 35.0 Å². The second kappa shape index (κ2) is 11.6. The fourth-order valence-electron chi connectivity index (χ4n) is 4.99. The van der Waals surface area contributed by atoms with Crippen LogP contribution in [0.4, 0.5) is 32.0 Å². The van der Waals surface area contributed by atoms with Crippen LogP contribution in [0.15, 0.2) is 54.6 Å². The summed E-state index contributed by atoms with van der Waals surface area (Å²) in [7, 11) is 0. The summed E-state index contributed by atoms with van der Waals surface area (Å²) < 4.78 is 86.8. The molecule has 15 heteroatoms. The van der Waals surface area contributed by atoms with Gasteiger partial charge in [-0.1, -0.05) is 17.7 Å². The molecule has 1 saturated heterocycles. The molecule has 3 aromatic rings. The van der Waals surface area contributed by atoms with Gasteiger partial charge in [0.15, 0.2) is 6.61 Å². The van der Waals surface area contributed by atoms with Gasteiger partial charge in [-0.25, -0.2) is 0 Å². The lowest BCUT2D eigenvalue weighted by molar-refractivity contribution is -0.274. The smallest absolute Gasteiger partial charge is 0.483 e. The van der Waals surface area contributed by atoms with E-state index in [1.165, 1.54) is 47.1 Å². The van der Waals surface area contributed by atoms with Gasteiger partial charge < -0.3 is 24.6 Å². The molecule has 0 aromatic heterocycles. The summed E-state index contributed by atoms with van der Waals surface area (Å²) in [6.45, 7) is 0.860. The van der Waals surface area contributed by atoms with E-state index in [2.05, 4.69) is 10.1 Å². The van der Waals surface area contributed by atoms with Crippen LogP contribution >= 0.6 is 11.6 Å². The molecular weight excluding hydrogens is 620 g/mol. The highest BCUT2D eigenvalue weighted by Crippen LogP contribution is 2.37. The highest BCUT2D eigenvalue weighted by atomic mass is 35.5. The van der Waals surface area contributed by atoms with Gasteiger partial charge in [0.25, 0.3) is 11.8 Å². The number of fused-ring (bicyclic) bond motifs is 2. The molecule has 0 radical (unpaired) electrons. The molecule has 1 atom stereocenters. The maximum atomic E-state index is 13.6. The van der Waals surface area contributed by atoms with E-state index in [0.29, 0.717) is 5.56 Å². The normalized spacial score (nSPS) is 17.0. The van der Waals surface area contributed by atoms with Crippen LogP contribution in [0.2, 0.25) is 5.02 Å². The van der Waals surface area contributed by atoms with E-state index in [4.69, 9.17) is 16.3 Å². The number of benzene rings is 3. The van der Waals surface area contributed by atoms with Crippen molar-refractivity contribution in [2.24, 2.45) is 0 Å². The van der Waals surface area contributed by atoms with Gasteiger partial charge in [-0.2, -0.15) is 13.2 Å². The molecule has 232 valence electrons. The third-order valence-electron chi connectivity index (χ3n) is 7.09. The van der Waals surface area contributed by atoms with E-state index in [9.17, 15) is 40.7 Å². The molecule has 0 spiro atoms. The molecule has 0 aliphatic carbocycles. The van der Waals surface area contributed by atoms with Crippen LogP contribution in [0.1, 0.15) is 21.5 Å². The second-order valence-electron chi connectivity index (χ2n) is 10.1. The molecule has 0 saturated carbocycles. The first kappa shape index (κ1) is 31.0. The molecule has 44 heavy (non-hydrogen) atoms. The molecule has 1 fully saturated rings. The predicted molar refractivity (Wildman–Crippen MR) is 145 cm³/mol. The van der Waals surface area contributed by atoms with Crippen LogP contribution in [0.25, 0.3) is 11.1 Å². The molecule has 1 N–H and O–H groups in total. The highest BCUT2D eigenvalue weighted by molar-refractivity contribution is 6.31. The Morgan fingerprint density at radius 2 is 1.73 bits per heavy atom.